The maximum Gasteiger partial charge on any atom is 0.131 e. The Morgan fingerprint density at radius 2 is 2.07 bits per heavy atom. The molecule has 0 spiro atoms. The lowest BCUT2D eigenvalue weighted by molar-refractivity contribution is 0.650. The highest BCUT2D eigenvalue weighted by molar-refractivity contribution is 5.11. The summed E-state index contributed by atoms with van der Waals surface area (Å²) in [5.74, 6) is 1.35. The molecular weight excluding hydrogens is 186 g/mol. The molecule has 1 aromatic rings. The number of rotatable bonds is 5. The van der Waals surface area contributed by atoms with Crippen LogP contribution in [0.5, 0.6) is 0 Å². The van der Waals surface area contributed by atoms with Gasteiger partial charge in [-0.1, -0.05) is 20.8 Å². The molecule has 15 heavy (non-hydrogen) atoms. The zero-order valence-corrected chi connectivity index (χ0v) is 10.2. The summed E-state index contributed by atoms with van der Waals surface area (Å²) in [6, 6.07) is 2.05. The van der Waals surface area contributed by atoms with Crippen LogP contribution in [0.1, 0.15) is 50.3 Å². The predicted molar refractivity (Wildman–Crippen MR) is 62.9 cm³/mol. The molecule has 1 heterocycles. The highest BCUT2D eigenvalue weighted by Gasteiger charge is 2.05. The second-order valence-electron chi connectivity index (χ2n) is 4.19. The Kier molecular flexibility index (Phi) is 4.69. The molecule has 0 aromatic carbocycles. The molecular formula is C12H21N3. The summed E-state index contributed by atoms with van der Waals surface area (Å²) >= 11 is 0. The summed E-state index contributed by atoms with van der Waals surface area (Å²) < 4.78 is 0. The zero-order valence-electron chi connectivity index (χ0n) is 10.2. The van der Waals surface area contributed by atoms with Crippen LogP contribution in [0.25, 0.3) is 0 Å². The quantitative estimate of drug-likeness (QED) is 0.753. The van der Waals surface area contributed by atoms with Gasteiger partial charge in [-0.3, -0.25) is 0 Å². The molecule has 1 N–H and O–H groups in total. The van der Waals surface area contributed by atoms with Crippen LogP contribution in [0.2, 0.25) is 0 Å². The lowest BCUT2D eigenvalue weighted by Gasteiger charge is -2.08. The first-order valence-corrected chi connectivity index (χ1v) is 5.68. The van der Waals surface area contributed by atoms with Crippen molar-refractivity contribution in [3.63, 3.8) is 0 Å². The van der Waals surface area contributed by atoms with E-state index in [0.29, 0.717) is 5.92 Å². The Balaban J connectivity index is 2.71. The van der Waals surface area contributed by atoms with E-state index in [0.717, 1.165) is 36.7 Å². The third kappa shape index (κ3) is 3.96. The van der Waals surface area contributed by atoms with Gasteiger partial charge in [0.1, 0.15) is 5.82 Å². The molecule has 0 saturated heterocycles. The summed E-state index contributed by atoms with van der Waals surface area (Å²) in [7, 11) is 0. The molecule has 0 radical (unpaired) electrons. The van der Waals surface area contributed by atoms with Crippen LogP contribution < -0.4 is 5.32 Å². The van der Waals surface area contributed by atoms with Crippen LogP contribution in [0.3, 0.4) is 0 Å². The van der Waals surface area contributed by atoms with E-state index in [4.69, 9.17) is 0 Å². The second kappa shape index (κ2) is 5.81. The molecule has 0 unspecified atom stereocenters. The maximum absolute atomic E-state index is 4.53. The highest BCUT2D eigenvalue weighted by atomic mass is 14.9. The average molecular weight is 207 g/mol. The molecule has 3 heteroatoms. The zero-order chi connectivity index (χ0) is 11.3. The van der Waals surface area contributed by atoms with Crippen LogP contribution in [-0.4, -0.2) is 16.5 Å². The van der Waals surface area contributed by atoms with E-state index in [1.807, 2.05) is 6.92 Å². The summed E-state index contributed by atoms with van der Waals surface area (Å²) in [5, 5.41) is 3.35. The van der Waals surface area contributed by atoms with Crippen molar-refractivity contribution < 1.29 is 0 Å². The Hall–Kier alpha value is -0.960. The van der Waals surface area contributed by atoms with E-state index < -0.39 is 0 Å². The van der Waals surface area contributed by atoms with E-state index in [1.54, 1.807) is 0 Å². The van der Waals surface area contributed by atoms with Crippen LogP contribution in [0, 0.1) is 6.92 Å². The minimum Gasteiger partial charge on any atom is -0.311 e. The van der Waals surface area contributed by atoms with Crippen molar-refractivity contribution in [2.75, 3.05) is 6.54 Å². The topological polar surface area (TPSA) is 37.8 Å². The van der Waals surface area contributed by atoms with Crippen molar-refractivity contribution in [3.05, 3.63) is 23.3 Å². The lowest BCUT2D eigenvalue weighted by atomic mass is 10.2. The molecule has 0 saturated carbocycles. The first-order chi connectivity index (χ1) is 7.13. The van der Waals surface area contributed by atoms with Gasteiger partial charge in [0.2, 0.25) is 0 Å². The van der Waals surface area contributed by atoms with Crippen LogP contribution >= 0.6 is 0 Å². The molecule has 0 aliphatic carbocycles. The molecule has 0 aliphatic heterocycles. The molecule has 0 aliphatic rings. The fourth-order valence-electron chi connectivity index (χ4n) is 1.40. The molecule has 0 amide bonds. The first kappa shape index (κ1) is 12.1. The molecule has 0 atom stereocenters. The van der Waals surface area contributed by atoms with Crippen molar-refractivity contribution in [2.24, 2.45) is 0 Å². The number of aryl methyl sites for hydroxylation is 1. The van der Waals surface area contributed by atoms with Crippen molar-refractivity contribution in [1.29, 1.82) is 0 Å². The van der Waals surface area contributed by atoms with Gasteiger partial charge in [-0.2, -0.15) is 0 Å². The number of hydrogen-bond acceptors (Lipinski definition) is 3. The average Bonchev–Trinajstić information content (AvgIpc) is 2.17. The number of nitrogens with one attached hydrogen (secondary N) is 1. The lowest BCUT2D eigenvalue weighted by Crippen LogP contribution is -2.16. The molecule has 84 valence electrons. The van der Waals surface area contributed by atoms with E-state index in [9.17, 15) is 0 Å². The monoisotopic (exact) mass is 207 g/mol. The summed E-state index contributed by atoms with van der Waals surface area (Å²) in [6.45, 7) is 10.3. The predicted octanol–water partition coefficient (Wildman–Crippen LogP) is 2.41. The van der Waals surface area contributed by atoms with Crippen molar-refractivity contribution in [2.45, 2.75) is 46.6 Å². The van der Waals surface area contributed by atoms with E-state index in [2.05, 4.69) is 42.1 Å². The molecule has 0 fully saturated rings. The van der Waals surface area contributed by atoms with Gasteiger partial charge in [-0.25, -0.2) is 9.97 Å². The first-order valence-electron chi connectivity index (χ1n) is 5.68. The minimum atomic E-state index is 0.398. The largest absolute Gasteiger partial charge is 0.311 e. The summed E-state index contributed by atoms with van der Waals surface area (Å²) in [6.07, 6.45) is 1.15. The van der Waals surface area contributed by atoms with E-state index in [-0.39, 0.29) is 0 Å². The molecule has 0 bridgehead atoms. The second-order valence-corrected chi connectivity index (χ2v) is 4.19. The van der Waals surface area contributed by atoms with E-state index in [1.165, 1.54) is 0 Å². The number of hydrogen-bond donors (Lipinski definition) is 1. The van der Waals surface area contributed by atoms with Crippen molar-refractivity contribution in [3.8, 4) is 0 Å². The Labute approximate surface area is 92.3 Å². The summed E-state index contributed by atoms with van der Waals surface area (Å²) in [5.41, 5.74) is 2.15. The normalized spacial score (nSPS) is 11.0. The molecule has 1 aromatic heterocycles. The fourth-order valence-corrected chi connectivity index (χ4v) is 1.40. The Morgan fingerprint density at radius 1 is 1.33 bits per heavy atom. The van der Waals surface area contributed by atoms with Gasteiger partial charge in [-0.05, 0) is 26.0 Å². The highest BCUT2D eigenvalue weighted by Crippen LogP contribution is 2.10. The summed E-state index contributed by atoms with van der Waals surface area (Å²) in [4.78, 5) is 8.95. The van der Waals surface area contributed by atoms with Crippen LogP contribution in [0.15, 0.2) is 6.07 Å². The van der Waals surface area contributed by atoms with Gasteiger partial charge in [0.05, 0.1) is 5.69 Å². The van der Waals surface area contributed by atoms with Crippen molar-refractivity contribution in [1.82, 2.24) is 15.3 Å². The Bertz CT molecular complexity index is 308. The van der Waals surface area contributed by atoms with Gasteiger partial charge in [0, 0.05) is 18.2 Å². The SMILES string of the molecule is CCCNCc1cc(C)nc(C(C)C)n1. The van der Waals surface area contributed by atoms with Gasteiger partial charge in [0.25, 0.3) is 0 Å². The fraction of sp³-hybridized carbons (Fsp3) is 0.667. The Morgan fingerprint density at radius 3 is 2.67 bits per heavy atom. The van der Waals surface area contributed by atoms with Gasteiger partial charge < -0.3 is 5.32 Å². The number of aromatic nitrogens is 2. The van der Waals surface area contributed by atoms with Gasteiger partial charge >= 0.3 is 0 Å². The number of nitrogens with zero attached hydrogens (tertiary/aromatic N) is 2. The van der Waals surface area contributed by atoms with Crippen LogP contribution in [0.4, 0.5) is 0 Å². The van der Waals surface area contributed by atoms with Gasteiger partial charge in [0.15, 0.2) is 0 Å². The smallest absolute Gasteiger partial charge is 0.131 e. The van der Waals surface area contributed by atoms with E-state index >= 15 is 0 Å². The molecule has 3 nitrogen and oxygen atoms in total. The minimum absolute atomic E-state index is 0.398. The van der Waals surface area contributed by atoms with Gasteiger partial charge in [-0.15, -0.1) is 0 Å². The van der Waals surface area contributed by atoms with Crippen LogP contribution in [-0.2, 0) is 6.54 Å². The third-order valence-corrected chi connectivity index (χ3v) is 2.17. The molecule has 1 rings (SSSR count). The standard InChI is InChI=1S/C12H21N3/c1-5-6-13-8-11-7-10(4)14-12(15-11)9(2)3/h7,9,13H,5-6,8H2,1-4H3. The van der Waals surface area contributed by atoms with Crippen molar-refractivity contribution >= 4 is 0 Å². The third-order valence-electron chi connectivity index (χ3n) is 2.17. The maximum atomic E-state index is 4.53.